The van der Waals surface area contributed by atoms with Gasteiger partial charge in [0.15, 0.2) is 5.43 Å². The lowest BCUT2D eigenvalue weighted by Gasteiger charge is -2.08. The highest BCUT2D eigenvalue weighted by molar-refractivity contribution is 7.18. The van der Waals surface area contributed by atoms with Gasteiger partial charge < -0.3 is 9.72 Å². The molecule has 3 aromatic heterocycles. The van der Waals surface area contributed by atoms with Crippen LogP contribution in [0.1, 0.15) is 10.4 Å². The molecule has 0 saturated heterocycles. The summed E-state index contributed by atoms with van der Waals surface area (Å²) in [5, 5.41) is 2.18. The van der Waals surface area contributed by atoms with Crippen molar-refractivity contribution in [2.75, 3.05) is 0 Å². The molecule has 0 aliphatic heterocycles. The maximum absolute atomic E-state index is 12.9. The Morgan fingerprint density at radius 3 is 2.70 bits per heavy atom. The minimum Gasteiger partial charge on any atom is -0.438 e. The van der Waals surface area contributed by atoms with Crippen molar-refractivity contribution in [1.82, 2.24) is 15.0 Å². The number of benzene rings is 2. The third kappa shape index (κ3) is 2.49. The van der Waals surface area contributed by atoms with Crippen LogP contribution in [0.4, 0.5) is 0 Å². The molecule has 0 unspecified atom stereocenters. The zero-order valence-electron chi connectivity index (χ0n) is 14.7. The summed E-state index contributed by atoms with van der Waals surface area (Å²) in [6, 6.07) is 13.0. The summed E-state index contributed by atoms with van der Waals surface area (Å²) >= 11 is 1.62. The molecule has 0 radical (unpaired) electrons. The van der Waals surface area contributed by atoms with E-state index in [0.29, 0.717) is 22.4 Å². The van der Waals surface area contributed by atoms with Crippen molar-refractivity contribution in [3.05, 3.63) is 69.5 Å². The largest absolute Gasteiger partial charge is 0.438 e. The van der Waals surface area contributed by atoms with Gasteiger partial charge in [0.05, 0.1) is 10.9 Å². The van der Waals surface area contributed by atoms with Crippen LogP contribution in [0.15, 0.2) is 53.6 Å². The van der Waals surface area contributed by atoms with E-state index in [1.54, 1.807) is 17.4 Å². The van der Waals surface area contributed by atoms with E-state index in [0.717, 1.165) is 26.8 Å². The summed E-state index contributed by atoms with van der Waals surface area (Å²) in [4.78, 5) is 26.9. The number of nitrogens with zero attached hydrogens (tertiary/aromatic N) is 2. The highest BCUT2D eigenvalue weighted by Gasteiger charge is 2.14. The van der Waals surface area contributed by atoms with Crippen LogP contribution in [0, 0.1) is 13.8 Å². The topological polar surface area (TPSA) is 67.9 Å². The second-order valence-corrected chi connectivity index (χ2v) is 7.65. The Morgan fingerprint density at radius 1 is 1.00 bits per heavy atom. The molecular formula is C21H15N3O2S. The molecule has 5 aromatic rings. The summed E-state index contributed by atoms with van der Waals surface area (Å²) in [6.07, 6.45) is 1.51. The van der Waals surface area contributed by atoms with Crippen LogP contribution in [0.2, 0.25) is 0 Å². The standard InChI is InChI=1S/C21H15N3O2S/c1-11-12(2)27-21-18(11)20(22-10-23-21)26-13-7-8-17-15(9-13)19(25)14-5-3-4-6-16(14)24-17/h3-10H,1-2H3,(H,24,25). The minimum atomic E-state index is -0.0137. The molecule has 0 atom stereocenters. The van der Waals surface area contributed by atoms with Crippen LogP contribution in [0.25, 0.3) is 32.0 Å². The lowest BCUT2D eigenvalue weighted by atomic mass is 10.1. The Labute approximate surface area is 158 Å². The molecule has 0 amide bonds. The first-order valence-electron chi connectivity index (χ1n) is 8.55. The van der Waals surface area contributed by atoms with E-state index in [9.17, 15) is 4.79 Å². The number of aromatic amines is 1. The van der Waals surface area contributed by atoms with Gasteiger partial charge in [-0.25, -0.2) is 9.97 Å². The molecule has 6 heteroatoms. The van der Waals surface area contributed by atoms with Gasteiger partial charge in [0, 0.05) is 21.2 Å². The van der Waals surface area contributed by atoms with E-state index in [-0.39, 0.29) is 5.43 Å². The van der Waals surface area contributed by atoms with E-state index in [1.165, 1.54) is 11.2 Å². The van der Waals surface area contributed by atoms with Gasteiger partial charge in [-0.1, -0.05) is 12.1 Å². The van der Waals surface area contributed by atoms with Crippen LogP contribution in [-0.4, -0.2) is 15.0 Å². The number of hydrogen-bond donors (Lipinski definition) is 1. The van der Waals surface area contributed by atoms with E-state index in [4.69, 9.17) is 4.74 Å². The van der Waals surface area contributed by atoms with E-state index < -0.39 is 0 Å². The highest BCUT2D eigenvalue weighted by atomic mass is 32.1. The fourth-order valence-electron chi connectivity index (χ4n) is 3.30. The third-order valence-corrected chi connectivity index (χ3v) is 5.94. The van der Waals surface area contributed by atoms with Gasteiger partial charge in [0.2, 0.25) is 5.88 Å². The summed E-state index contributed by atoms with van der Waals surface area (Å²) in [6.45, 7) is 4.10. The number of aryl methyl sites for hydroxylation is 2. The number of aromatic nitrogens is 3. The number of pyridine rings is 1. The van der Waals surface area contributed by atoms with Gasteiger partial charge in [0.1, 0.15) is 16.9 Å². The number of para-hydroxylation sites is 1. The zero-order chi connectivity index (χ0) is 18.5. The molecule has 0 saturated carbocycles. The maximum atomic E-state index is 12.9. The van der Waals surface area contributed by atoms with E-state index >= 15 is 0 Å². The predicted octanol–water partition coefficient (Wildman–Crippen LogP) is 5.10. The summed E-state index contributed by atoms with van der Waals surface area (Å²) in [7, 11) is 0. The maximum Gasteiger partial charge on any atom is 0.231 e. The molecule has 5 nitrogen and oxygen atoms in total. The number of ether oxygens (including phenoxy) is 1. The number of nitrogens with one attached hydrogen (secondary N) is 1. The number of H-pyrrole nitrogens is 1. The van der Waals surface area contributed by atoms with Crippen LogP contribution in [0.5, 0.6) is 11.6 Å². The Balaban J connectivity index is 1.67. The van der Waals surface area contributed by atoms with Gasteiger partial charge >= 0.3 is 0 Å². The molecule has 0 fully saturated rings. The Hall–Kier alpha value is -3.25. The van der Waals surface area contributed by atoms with Crippen molar-refractivity contribution in [3.63, 3.8) is 0 Å². The lowest BCUT2D eigenvalue weighted by Crippen LogP contribution is -2.04. The van der Waals surface area contributed by atoms with Gasteiger partial charge in [-0.2, -0.15) is 0 Å². The zero-order valence-corrected chi connectivity index (χ0v) is 15.6. The smallest absolute Gasteiger partial charge is 0.231 e. The van der Waals surface area contributed by atoms with Gasteiger partial charge in [-0.3, -0.25) is 4.79 Å². The number of hydrogen-bond acceptors (Lipinski definition) is 5. The van der Waals surface area contributed by atoms with Crippen LogP contribution < -0.4 is 10.2 Å². The highest BCUT2D eigenvalue weighted by Crippen LogP contribution is 2.36. The average molecular weight is 373 g/mol. The predicted molar refractivity (Wildman–Crippen MR) is 109 cm³/mol. The summed E-state index contributed by atoms with van der Waals surface area (Å²) < 4.78 is 6.06. The fourth-order valence-corrected chi connectivity index (χ4v) is 4.29. The first-order valence-corrected chi connectivity index (χ1v) is 9.37. The number of thiophene rings is 1. The minimum absolute atomic E-state index is 0.0137. The third-order valence-electron chi connectivity index (χ3n) is 4.82. The molecule has 5 rings (SSSR count). The van der Waals surface area contributed by atoms with E-state index in [1.807, 2.05) is 43.3 Å². The number of fused-ring (bicyclic) bond motifs is 3. The van der Waals surface area contributed by atoms with Crippen molar-refractivity contribution in [1.29, 1.82) is 0 Å². The second-order valence-electron chi connectivity index (χ2n) is 6.45. The van der Waals surface area contributed by atoms with Crippen molar-refractivity contribution in [3.8, 4) is 11.6 Å². The molecule has 1 N–H and O–H groups in total. The SMILES string of the molecule is Cc1sc2ncnc(Oc3ccc4[nH]c5ccccc5c(=O)c4c3)c2c1C. The van der Waals surface area contributed by atoms with Crippen LogP contribution in [0.3, 0.4) is 0 Å². The first kappa shape index (κ1) is 16.0. The first-order chi connectivity index (χ1) is 13.1. The van der Waals surface area contributed by atoms with Crippen LogP contribution in [-0.2, 0) is 0 Å². The Kier molecular flexibility index (Phi) is 3.48. The molecule has 0 aliphatic carbocycles. The van der Waals surface area contributed by atoms with Gasteiger partial charge in [-0.15, -0.1) is 11.3 Å². The molecular weight excluding hydrogens is 358 g/mol. The molecule has 27 heavy (non-hydrogen) atoms. The van der Waals surface area contributed by atoms with Crippen molar-refractivity contribution in [2.45, 2.75) is 13.8 Å². The van der Waals surface area contributed by atoms with Gasteiger partial charge in [-0.05, 0) is 49.7 Å². The quantitative estimate of drug-likeness (QED) is 0.437. The Morgan fingerprint density at radius 2 is 1.81 bits per heavy atom. The van der Waals surface area contributed by atoms with E-state index in [2.05, 4.69) is 21.9 Å². The summed E-state index contributed by atoms with van der Waals surface area (Å²) in [5.41, 5.74) is 2.71. The normalized spacial score (nSPS) is 11.5. The second kappa shape index (κ2) is 5.89. The molecule has 3 heterocycles. The Bertz CT molecular complexity index is 1400. The number of rotatable bonds is 2. The molecule has 132 valence electrons. The van der Waals surface area contributed by atoms with Crippen LogP contribution >= 0.6 is 11.3 Å². The molecule has 0 bridgehead atoms. The molecule has 2 aromatic carbocycles. The van der Waals surface area contributed by atoms with Crippen molar-refractivity contribution >= 4 is 43.4 Å². The van der Waals surface area contributed by atoms with Gasteiger partial charge in [0.25, 0.3) is 0 Å². The average Bonchev–Trinajstić information content (AvgIpc) is 2.97. The monoisotopic (exact) mass is 373 g/mol. The van der Waals surface area contributed by atoms with Crippen molar-refractivity contribution in [2.24, 2.45) is 0 Å². The summed E-state index contributed by atoms with van der Waals surface area (Å²) in [5.74, 6) is 1.09. The fraction of sp³-hybridized carbons (Fsp3) is 0.0952. The molecule has 0 aliphatic rings. The van der Waals surface area contributed by atoms with Crippen molar-refractivity contribution < 1.29 is 4.74 Å². The molecule has 0 spiro atoms. The lowest BCUT2D eigenvalue weighted by molar-refractivity contribution is 0.469.